The average molecular weight is 391 g/mol. The van der Waals surface area contributed by atoms with Gasteiger partial charge in [-0.2, -0.15) is 0 Å². The summed E-state index contributed by atoms with van der Waals surface area (Å²) in [6, 6.07) is 14.9. The number of carboxylic acid groups (broad SMARTS) is 1. The molecule has 27 heavy (non-hydrogen) atoms. The van der Waals surface area contributed by atoms with Crippen molar-refractivity contribution in [3.05, 3.63) is 71.3 Å². The lowest BCUT2D eigenvalue weighted by Gasteiger charge is -2.27. The second-order valence-electron chi connectivity index (χ2n) is 5.76. The highest BCUT2D eigenvalue weighted by Crippen LogP contribution is 2.16. The maximum atomic E-state index is 12.8. The number of benzene rings is 2. The standard InChI is InChI=1S/C19H19ClN2O5/c20-10-13-6-8-15(9-7-13)16(23)19(12-21,17(24)25)22-18(26)27-11-14-4-2-1-3-5-14/h1-9H,10-12,21H2,(H,22,26)(H,24,25). The van der Waals surface area contributed by atoms with Gasteiger partial charge in [0.25, 0.3) is 0 Å². The van der Waals surface area contributed by atoms with Gasteiger partial charge in [-0.25, -0.2) is 9.59 Å². The van der Waals surface area contributed by atoms with Crippen LogP contribution in [-0.2, 0) is 22.0 Å². The van der Waals surface area contributed by atoms with Crippen LogP contribution >= 0.6 is 11.6 Å². The summed E-state index contributed by atoms with van der Waals surface area (Å²) in [5.74, 6) is -2.18. The molecule has 0 radical (unpaired) electrons. The number of alkyl carbamates (subject to hydrolysis) is 1. The fourth-order valence-corrected chi connectivity index (χ4v) is 2.54. The Kier molecular flexibility index (Phi) is 6.92. The fraction of sp³-hybridized carbons (Fsp3) is 0.211. The number of carbonyl (C=O) groups excluding carboxylic acids is 2. The van der Waals surface area contributed by atoms with Gasteiger partial charge >= 0.3 is 12.1 Å². The molecule has 1 unspecified atom stereocenters. The Bertz CT molecular complexity index is 811. The molecule has 2 aromatic carbocycles. The van der Waals surface area contributed by atoms with Crippen LogP contribution in [0.25, 0.3) is 0 Å². The largest absolute Gasteiger partial charge is 0.479 e. The number of carboxylic acids is 1. The van der Waals surface area contributed by atoms with Gasteiger partial charge in [-0.1, -0.05) is 54.6 Å². The molecule has 142 valence electrons. The fourth-order valence-electron chi connectivity index (χ4n) is 2.36. The molecule has 0 heterocycles. The van der Waals surface area contributed by atoms with Crippen molar-refractivity contribution in [2.24, 2.45) is 5.73 Å². The maximum Gasteiger partial charge on any atom is 0.408 e. The number of aliphatic carboxylic acids is 1. The third kappa shape index (κ3) is 4.84. The van der Waals surface area contributed by atoms with Gasteiger partial charge in [-0.15, -0.1) is 11.6 Å². The average Bonchev–Trinajstić information content (AvgIpc) is 2.70. The van der Waals surface area contributed by atoms with Crippen LogP contribution < -0.4 is 11.1 Å². The molecule has 0 saturated heterocycles. The van der Waals surface area contributed by atoms with E-state index in [2.05, 4.69) is 5.32 Å². The molecule has 0 saturated carbocycles. The van der Waals surface area contributed by atoms with Crippen molar-refractivity contribution in [3.8, 4) is 0 Å². The van der Waals surface area contributed by atoms with E-state index in [0.717, 1.165) is 5.56 Å². The lowest BCUT2D eigenvalue weighted by Crippen LogP contribution is -2.64. The SMILES string of the molecule is NCC(NC(=O)OCc1ccccc1)(C(=O)O)C(=O)c1ccc(CCl)cc1. The Morgan fingerprint density at radius 2 is 1.67 bits per heavy atom. The number of alkyl halides is 1. The highest BCUT2D eigenvalue weighted by Gasteiger charge is 2.47. The van der Waals surface area contributed by atoms with E-state index >= 15 is 0 Å². The number of ketones is 1. The third-order valence-electron chi connectivity index (χ3n) is 3.96. The van der Waals surface area contributed by atoms with Crippen molar-refractivity contribution < 1.29 is 24.2 Å². The summed E-state index contributed by atoms with van der Waals surface area (Å²) in [6.45, 7) is -0.718. The van der Waals surface area contributed by atoms with Crippen LogP contribution in [0.2, 0.25) is 0 Å². The smallest absolute Gasteiger partial charge is 0.408 e. The number of ether oxygens (including phenoxy) is 1. The first-order chi connectivity index (χ1) is 12.9. The molecule has 0 bridgehead atoms. The van der Waals surface area contributed by atoms with Gasteiger partial charge in [-0.05, 0) is 11.1 Å². The van der Waals surface area contributed by atoms with E-state index in [0.29, 0.717) is 5.56 Å². The van der Waals surface area contributed by atoms with E-state index in [1.807, 2.05) is 6.07 Å². The quantitative estimate of drug-likeness (QED) is 0.361. The maximum absolute atomic E-state index is 12.8. The summed E-state index contributed by atoms with van der Waals surface area (Å²) in [5, 5.41) is 11.7. The summed E-state index contributed by atoms with van der Waals surface area (Å²) >= 11 is 5.71. The molecule has 0 aliphatic heterocycles. The molecule has 2 rings (SSSR count). The molecule has 0 fully saturated rings. The normalized spacial score (nSPS) is 12.7. The third-order valence-corrected chi connectivity index (χ3v) is 4.27. The van der Waals surface area contributed by atoms with E-state index in [-0.39, 0.29) is 18.1 Å². The molecule has 1 amide bonds. The van der Waals surface area contributed by atoms with Gasteiger partial charge in [0.15, 0.2) is 0 Å². The number of halogens is 1. The zero-order chi connectivity index (χ0) is 19.9. The number of nitrogens with one attached hydrogen (secondary N) is 1. The molecule has 1 atom stereocenters. The van der Waals surface area contributed by atoms with Crippen LogP contribution in [0.4, 0.5) is 4.79 Å². The number of hydrogen-bond acceptors (Lipinski definition) is 5. The van der Waals surface area contributed by atoms with Crippen molar-refractivity contribution >= 4 is 29.4 Å². The number of hydrogen-bond donors (Lipinski definition) is 3. The second-order valence-corrected chi connectivity index (χ2v) is 6.03. The van der Waals surface area contributed by atoms with Crippen molar-refractivity contribution in [2.75, 3.05) is 6.54 Å². The number of amides is 1. The molecule has 0 aliphatic rings. The second kappa shape index (κ2) is 9.16. The van der Waals surface area contributed by atoms with Crippen LogP contribution in [0.3, 0.4) is 0 Å². The van der Waals surface area contributed by atoms with E-state index in [1.54, 1.807) is 36.4 Å². The molecule has 4 N–H and O–H groups in total. The van der Waals surface area contributed by atoms with Gasteiger partial charge in [0, 0.05) is 18.0 Å². The summed E-state index contributed by atoms with van der Waals surface area (Å²) in [6.07, 6.45) is -1.06. The molecule has 8 heteroatoms. The topological polar surface area (TPSA) is 119 Å². The molecule has 0 aliphatic carbocycles. The zero-order valence-electron chi connectivity index (χ0n) is 14.4. The van der Waals surface area contributed by atoms with Crippen LogP contribution in [-0.4, -0.2) is 35.0 Å². The molecule has 0 aromatic heterocycles. The Hall–Kier alpha value is -2.90. The summed E-state index contributed by atoms with van der Waals surface area (Å²) in [4.78, 5) is 36.7. The highest BCUT2D eigenvalue weighted by atomic mass is 35.5. The summed E-state index contributed by atoms with van der Waals surface area (Å²) in [5.41, 5.74) is 4.79. The van der Waals surface area contributed by atoms with Gasteiger partial charge in [0.05, 0.1) is 0 Å². The minimum absolute atomic E-state index is 0.0778. The predicted molar refractivity (Wildman–Crippen MR) is 99.5 cm³/mol. The van der Waals surface area contributed by atoms with Crippen molar-refractivity contribution in [2.45, 2.75) is 18.0 Å². The van der Waals surface area contributed by atoms with Crippen molar-refractivity contribution in [3.63, 3.8) is 0 Å². The number of Topliss-reactive ketones (excluding diaryl/α,β-unsaturated/α-hetero) is 1. The summed E-state index contributed by atoms with van der Waals surface area (Å²) in [7, 11) is 0. The van der Waals surface area contributed by atoms with Crippen LogP contribution in [0.15, 0.2) is 54.6 Å². The van der Waals surface area contributed by atoms with Crippen LogP contribution in [0.5, 0.6) is 0 Å². The van der Waals surface area contributed by atoms with E-state index < -0.39 is 29.9 Å². The molecule has 7 nitrogen and oxygen atoms in total. The first kappa shape index (κ1) is 20.4. The predicted octanol–water partition coefficient (Wildman–Crippen LogP) is 2.32. The number of nitrogens with two attached hydrogens (primary N) is 1. The Labute approximate surface area is 161 Å². The van der Waals surface area contributed by atoms with E-state index in [9.17, 15) is 19.5 Å². The zero-order valence-corrected chi connectivity index (χ0v) is 15.1. The van der Waals surface area contributed by atoms with E-state index in [1.165, 1.54) is 12.1 Å². The summed E-state index contributed by atoms with van der Waals surface area (Å²) < 4.78 is 5.02. The van der Waals surface area contributed by atoms with Gasteiger partial charge < -0.3 is 15.6 Å². The van der Waals surface area contributed by atoms with Gasteiger partial charge in [-0.3, -0.25) is 10.1 Å². The minimum atomic E-state index is -2.34. The van der Waals surface area contributed by atoms with Crippen LogP contribution in [0, 0.1) is 0 Å². The van der Waals surface area contributed by atoms with Crippen molar-refractivity contribution in [1.82, 2.24) is 5.32 Å². The monoisotopic (exact) mass is 390 g/mol. The lowest BCUT2D eigenvalue weighted by molar-refractivity contribution is -0.142. The minimum Gasteiger partial charge on any atom is -0.479 e. The van der Waals surface area contributed by atoms with Gasteiger partial charge in [0.1, 0.15) is 6.61 Å². The first-order valence-corrected chi connectivity index (χ1v) is 8.58. The van der Waals surface area contributed by atoms with Crippen LogP contribution in [0.1, 0.15) is 21.5 Å². The molecular formula is C19H19ClN2O5. The molecular weight excluding hydrogens is 372 g/mol. The lowest BCUT2D eigenvalue weighted by atomic mass is 9.89. The Morgan fingerprint density at radius 3 is 2.19 bits per heavy atom. The number of carbonyl (C=O) groups is 3. The first-order valence-electron chi connectivity index (χ1n) is 8.05. The Balaban J connectivity index is 2.17. The highest BCUT2D eigenvalue weighted by molar-refractivity contribution is 6.18. The van der Waals surface area contributed by atoms with E-state index in [4.69, 9.17) is 22.1 Å². The van der Waals surface area contributed by atoms with Gasteiger partial charge in [0.2, 0.25) is 11.3 Å². The number of rotatable bonds is 8. The Morgan fingerprint density at radius 1 is 1.04 bits per heavy atom. The molecule has 0 spiro atoms. The van der Waals surface area contributed by atoms with Crippen molar-refractivity contribution in [1.29, 1.82) is 0 Å². The molecule has 2 aromatic rings.